The summed E-state index contributed by atoms with van der Waals surface area (Å²) in [6.07, 6.45) is 5.65. The van der Waals surface area contributed by atoms with Gasteiger partial charge < -0.3 is 10.3 Å². The zero-order chi connectivity index (χ0) is 13.3. The van der Waals surface area contributed by atoms with E-state index in [0.29, 0.717) is 12.2 Å². The summed E-state index contributed by atoms with van der Waals surface area (Å²) in [7, 11) is 0. The number of rotatable bonds is 3. The number of imidazole rings is 1. The Kier molecular flexibility index (Phi) is 3.02. The number of nitrogens with zero attached hydrogens (tertiary/aromatic N) is 2. The molecule has 3 heterocycles. The van der Waals surface area contributed by atoms with E-state index >= 15 is 0 Å². The number of H-pyrrole nitrogens is 1. The van der Waals surface area contributed by atoms with E-state index in [4.69, 9.17) is 0 Å². The maximum absolute atomic E-state index is 13.1. The quantitative estimate of drug-likeness (QED) is 0.892. The zero-order valence-corrected chi connectivity index (χ0v) is 10.2. The van der Waals surface area contributed by atoms with Crippen LogP contribution in [0.5, 0.6) is 0 Å². The number of alkyl halides is 2. The van der Waals surface area contributed by atoms with Gasteiger partial charge in [-0.1, -0.05) is 0 Å². The van der Waals surface area contributed by atoms with E-state index in [2.05, 4.69) is 20.3 Å². The number of aromatic amines is 1. The molecule has 19 heavy (non-hydrogen) atoms. The Labute approximate surface area is 109 Å². The summed E-state index contributed by atoms with van der Waals surface area (Å²) in [6.45, 7) is -0.280. The van der Waals surface area contributed by atoms with Crippen molar-refractivity contribution in [1.29, 1.82) is 0 Å². The molecule has 1 aliphatic heterocycles. The molecule has 1 fully saturated rings. The standard InChI is InChI=1S/C13H14F2N4/c14-13(15)6-11(18-8-13)12-17-7-10(19-12)5-9-1-3-16-4-2-9/h1-4,7,11,18H,5-6,8H2,(H,17,19). The Morgan fingerprint density at radius 3 is 2.79 bits per heavy atom. The second kappa shape index (κ2) is 4.70. The summed E-state index contributed by atoms with van der Waals surface area (Å²) >= 11 is 0. The highest BCUT2D eigenvalue weighted by Crippen LogP contribution is 2.32. The second-order valence-corrected chi connectivity index (χ2v) is 4.82. The lowest BCUT2D eigenvalue weighted by molar-refractivity contribution is 0.0208. The minimum Gasteiger partial charge on any atom is -0.344 e. The minimum atomic E-state index is -2.64. The van der Waals surface area contributed by atoms with Crippen LogP contribution in [0.1, 0.15) is 29.5 Å². The number of pyridine rings is 1. The zero-order valence-electron chi connectivity index (χ0n) is 10.2. The van der Waals surface area contributed by atoms with E-state index in [-0.39, 0.29) is 19.0 Å². The van der Waals surface area contributed by atoms with Crippen LogP contribution >= 0.6 is 0 Å². The molecule has 0 spiro atoms. The molecular weight excluding hydrogens is 250 g/mol. The molecule has 2 aromatic heterocycles. The molecule has 6 heteroatoms. The Morgan fingerprint density at radius 1 is 1.32 bits per heavy atom. The van der Waals surface area contributed by atoms with Crippen molar-refractivity contribution in [3.8, 4) is 0 Å². The number of aromatic nitrogens is 3. The highest BCUT2D eigenvalue weighted by Gasteiger charge is 2.40. The first kappa shape index (κ1) is 12.2. The highest BCUT2D eigenvalue weighted by atomic mass is 19.3. The molecule has 1 saturated heterocycles. The predicted octanol–water partition coefficient (Wildman–Crippen LogP) is 2.07. The summed E-state index contributed by atoms with van der Waals surface area (Å²) in [5, 5.41) is 2.79. The molecule has 0 aromatic carbocycles. The highest BCUT2D eigenvalue weighted by molar-refractivity contribution is 5.19. The molecule has 1 aliphatic rings. The summed E-state index contributed by atoms with van der Waals surface area (Å²) < 4.78 is 26.2. The molecule has 0 bridgehead atoms. The third kappa shape index (κ3) is 2.78. The number of halogens is 2. The summed E-state index contributed by atoms with van der Waals surface area (Å²) in [5.74, 6) is -2.05. The van der Waals surface area contributed by atoms with E-state index in [9.17, 15) is 8.78 Å². The Morgan fingerprint density at radius 2 is 2.11 bits per heavy atom. The normalized spacial score (nSPS) is 21.7. The minimum absolute atomic E-state index is 0.199. The first-order valence-electron chi connectivity index (χ1n) is 6.16. The van der Waals surface area contributed by atoms with Crippen molar-refractivity contribution in [3.05, 3.63) is 47.8 Å². The van der Waals surface area contributed by atoms with Crippen LogP contribution in [0.4, 0.5) is 8.78 Å². The predicted molar refractivity (Wildman–Crippen MR) is 65.9 cm³/mol. The van der Waals surface area contributed by atoms with Crippen molar-refractivity contribution >= 4 is 0 Å². The molecule has 1 unspecified atom stereocenters. The molecule has 0 radical (unpaired) electrons. The van der Waals surface area contributed by atoms with E-state index in [1.165, 1.54) is 0 Å². The van der Waals surface area contributed by atoms with Crippen LogP contribution in [0.15, 0.2) is 30.7 Å². The van der Waals surface area contributed by atoms with Crippen LogP contribution in [0.3, 0.4) is 0 Å². The van der Waals surface area contributed by atoms with Crippen LogP contribution in [0, 0.1) is 0 Å². The third-order valence-corrected chi connectivity index (χ3v) is 3.23. The Bertz CT molecular complexity index is 553. The van der Waals surface area contributed by atoms with E-state index in [1.807, 2.05) is 12.1 Å². The molecule has 0 amide bonds. The van der Waals surface area contributed by atoms with E-state index < -0.39 is 5.92 Å². The molecule has 0 saturated carbocycles. The van der Waals surface area contributed by atoms with Crippen molar-refractivity contribution in [3.63, 3.8) is 0 Å². The van der Waals surface area contributed by atoms with Crippen LogP contribution < -0.4 is 5.32 Å². The van der Waals surface area contributed by atoms with Gasteiger partial charge in [0.2, 0.25) is 0 Å². The lowest BCUT2D eigenvalue weighted by Crippen LogP contribution is -2.19. The van der Waals surface area contributed by atoms with Crippen molar-refractivity contribution < 1.29 is 8.78 Å². The summed E-state index contributed by atoms with van der Waals surface area (Å²) in [5.41, 5.74) is 2.02. The molecule has 1 atom stereocenters. The van der Waals surface area contributed by atoms with Gasteiger partial charge in [-0.05, 0) is 17.7 Å². The maximum Gasteiger partial charge on any atom is 0.262 e. The average molecular weight is 264 g/mol. The molecule has 3 rings (SSSR count). The SMILES string of the molecule is FC1(F)CNC(c2ncc(Cc3ccncc3)[nH]2)C1. The fourth-order valence-electron chi connectivity index (χ4n) is 2.27. The second-order valence-electron chi connectivity index (χ2n) is 4.82. The van der Waals surface area contributed by atoms with Gasteiger partial charge in [0.1, 0.15) is 5.82 Å². The lowest BCUT2D eigenvalue weighted by atomic mass is 10.1. The molecule has 4 nitrogen and oxygen atoms in total. The monoisotopic (exact) mass is 264 g/mol. The average Bonchev–Trinajstić information content (AvgIpc) is 2.97. The van der Waals surface area contributed by atoms with E-state index in [0.717, 1.165) is 11.3 Å². The topological polar surface area (TPSA) is 53.6 Å². The molecule has 0 aliphatic carbocycles. The van der Waals surface area contributed by atoms with Crippen LogP contribution in [-0.4, -0.2) is 27.4 Å². The first-order valence-corrected chi connectivity index (χ1v) is 6.16. The first-order chi connectivity index (χ1) is 9.12. The Balaban J connectivity index is 1.70. The van der Waals surface area contributed by atoms with Gasteiger partial charge in [0.05, 0.1) is 12.6 Å². The van der Waals surface area contributed by atoms with Gasteiger partial charge in [0.25, 0.3) is 5.92 Å². The van der Waals surface area contributed by atoms with Crippen molar-refractivity contribution in [2.24, 2.45) is 0 Å². The summed E-state index contributed by atoms with van der Waals surface area (Å²) in [6, 6.07) is 3.45. The van der Waals surface area contributed by atoms with Crippen LogP contribution in [0.2, 0.25) is 0 Å². The number of hydrogen-bond acceptors (Lipinski definition) is 3. The molecule has 2 N–H and O–H groups in total. The van der Waals surface area contributed by atoms with Gasteiger partial charge in [-0.3, -0.25) is 4.98 Å². The fraction of sp³-hybridized carbons (Fsp3) is 0.385. The van der Waals surface area contributed by atoms with Gasteiger partial charge in [-0.2, -0.15) is 0 Å². The summed E-state index contributed by atoms with van der Waals surface area (Å²) in [4.78, 5) is 11.3. The van der Waals surface area contributed by atoms with Gasteiger partial charge in [-0.25, -0.2) is 13.8 Å². The smallest absolute Gasteiger partial charge is 0.262 e. The number of nitrogens with one attached hydrogen (secondary N) is 2. The van der Waals surface area contributed by atoms with Gasteiger partial charge in [0, 0.05) is 37.1 Å². The van der Waals surface area contributed by atoms with Crippen LogP contribution in [0.25, 0.3) is 0 Å². The maximum atomic E-state index is 13.1. The number of hydrogen-bond donors (Lipinski definition) is 2. The Hall–Kier alpha value is -1.82. The third-order valence-electron chi connectivity index (χ3n) is 3.23. The largest absolute Gasteiger partial charge is 0.344 e. The lowest BCUT2D eigenvalue weighted by Gasteiger charge is -2.06. The van der Waals surface area contributed by atoms with Gasteiger partial charge in [0.15, 0.2) is 0 Å². The van der Waals surface area contributed by atoms with Crippen molar-refractivity contribution in [2.45, 2.75) is 24.8 Å². The van der Waals surface area contributed by atoms with Crippen molar-refractivity contribution in [2.75, 3.05) is 6.54 Å². The van der Waals surface area contributed by atoms with E-state index in [1.54, 1.807) is 18.6 Å². The molecule has 100 valence electrons. The van der Waals surface area contributed by atoms with Crippen LogP contribution in [-0.2, 0) is 6.42 Å². The molecule has 2 aromatic rings. The van der Waals surface area contributed by atoms with Gasteiger partial charge >= 0.3 is 0 Å². The molecular formula is C13H14F2N4. The van der Waals surface area contributed by atoms with Crippen molar-refractivity contribution in [1.82, 2.24) is 20.3 Å². The fourth-order valence-corrected chi connectivity index (χ4v) is 2.27. The van der Waals surface area contributed by atoms with Gasteiger partial charge in [-0.15, -0.1) is 0 Å².